The number of pyridine rings is 1. The number of amides is 1. The predicted molar refractivity (Wildman–Crippen MR) is 80.1 cm³/mol. The second-order valence-electron chi connectivity index (χ2n) is 5.08. The van der Waals surface area contributed by atoms with Crippen molar-refractivity contribution in [1.82, 2.24) is 9.88 Å². The number of rotatable bonds is 1. The Balaban J connectivity index is 2.03. The second kappa shape index (κ2) is 5.03. The maximum absolute atomic E-state index is 12.7. The molecule has 6 heteroatoms. The van der Waals surface area contributed by atoms with Crippen LogP contribution in [-0.2, 0) is 4.74 Å². The molecule has 5 nitrogen and oxygen atoms in total. The molecule has 2 aromatic rings. The molecular formula is C14H17N3O2S. The molecule has 20 heavy (non-hydrogen) atoms. The summed E-state index contributed by atoms with van der Waals surface area (Å²) in [5.41, 5.74) is 7.79. The van der Waals surface area contributed by atoms with E-state index in [-0.39, 0.29) is 11.9 Å². The smallest absolute Gasteiger partial charge is 0.266 e. The Labute approximate surface area is 121 Å². The van der Waals surface area contributed by atoms with Crippen LogP contribution in [0.4, 0.5) is 5.69 Å². The number of aromatic nitrogens is 1. The number of morpholine rings is 1. The number of nitrogens with two attached hydrogens (primary N) is 1. The molecule has 3 heterocycles. The molecule has 0 spiro atoms. The van der Waals surface area contributed by atoms with Crippen LogP contribution in [0.3, 0.4) is 0 Å². The number of hydrogen-bond donors (Lipinski definition) is 1. The highest BCUT2D eigenvalue weighted by molar-refractivity contribution is 7.21. The van der Waals surface area contributed by atoms with Gasteiger partial charge in [0.1, 0.15) is 9.71 Å². The Bertz CT molecular complexity index is 668. The summed E-state index contributed by atoms with van der Waals surface area (Å²) in [6.07, 6.45) is 1.75. The van der Waals surface area contributed by atoms with Crippen LogP contribution in [0, 0.1) is 6.92 Å². The van der Waals surface area contributed by atoms with E-state index in [0.29, 0.717) is 30.3 Å². The van der Waals surface area contributed by atoms with Crippen molar-refractivity contribution in [2.24, 2.45) is 0 Å². The van der Waals surface area contributed by atoms with E-state index in [1.807, 2.05) is 24.8 Å². The first kappa shape index (κ1) is 13.3. The van der Waals surface area contributed by atoms with Crippen LogP contribution in [0.15, 0.2) is 12.3 Å². The molecular weight excluding hydrogens is 274 g/mol. The van der Waals surface area contributed by atoms with E-state index < -0.39 is 0 Å². The first-order chi connectivity index (χ1) is 9.59. The lowest BCUT2D eigenvalue weighted by molar-refractivity contribution is 0.00392. The van der Waals surface area contributed by atoms with Crippen molar-refractivity contribution in [1.29, 1.82) is 0 Å². The summed E-state index contributed by atoms with van der Waals surface area (Å²) in [6.45, 7) is 5.74. The zero-order chi connectivity index (χ0) is 14.3. The van der Waals surface area contributed by atoms with Crippen molar-refractivity contribution in [3.8, 4) is 0 Å². The van der Waals surface area contributed by atoms with Crippen molar-refractivity contribution < 1.29 is 9.53 Å². The molecule has 1 amide bonds. The number of carbonyl (C=O) groups is 1. The van der Waals surface area contributed by atoms with Gasteiger partial charge in [-0.05, 0) is 25.5 Å². The molecule has 3 rings (SSSR count). The first-order valence-corrected chi connectivity index (χ1v) is 7.43. The molecule has 1 aliphatic heterocycles. The van der Waals surface area contributed by atoms with Crippen LogP contribution in [0.1, 0.15) is 22.2 Å². The van der Waals surface area contributed by atoms with Gasteiger partial charge in [0.15, 0.2) is 0 Å². The molecule has 2 aromatic heterocycles. The van der Waals surface area contributed by atoms with Crippen LogP contribution < -0.4 is 5.73 Å². The lowest BCUT2D eigenvalue weighted by Crippen LogP contribution is -2.47. The van der Waals surface area contributed by atoms with Crippen LogP contribution in [0.5, 0.6) is 0 Å². The molecule has 0 aliphatic carbocycles. The van der Waals surface area contributed by atoms with E-state index >= 15 is 0 Å². The summed E-state index contributed by atoms with van der Waals surface area (Å²) in [5.74, 6) is -0.0132. The zero-order valence-electron chi connectivity index (χ0n) is 11.5. The van der Waals surface area contributed by atoms with Gasteiger partial charge in [-0.3, -0.25) is 4.79 Å². The van der Waals surface area contributed by atoms with E-state index in [1.54, 1.807) is 6.20 Å². The molecule has 0 saturated carbocycles. The van der Waals surface area contributed by atoms with Crippen molar-refractivity contribution in [2.75, 3.05) is 25.5 Å². The average Bonchev–Trinajstić information content (AvgIpc) is 2.77. The highest BCUT2D eigenvalue weighted by Crippen LogP contribution is 2.35. The fourth-order valence-corrected chi connectivity index (χ4v) is 3.62. The van der Waals surface area contributed by atoms with Crippen LogP contribution in [0.25, 0.3) is 10.2 Å². The summed E-state index contributed by atoms with van der Waals surface area (Å²) < 4.78 is 5.37. The SMILES string of the molecule is Cc1ccnc2sc(C(=O)N3CCOCC3C)c(N)c12. The molecule has 1 fully saturated rings. The minimum absolute atomic E-state index is 0.0132. The van der Waals surface area contributed by atoms with Gasteiger partial charge in [-0.25, -0.2) is 4.98 Å². The minimum Gasteiger partial charge on any atom is -0.397 e. The molecule has 106 valence electrons. The van der Waals surface area contributed by atoms with E-state index in [1.165, 1.54) is 11.3 Å². The van der Waals surface area contributed by atoms with Gasteiger partial charge in [0, 0.05) is 18.1 Å². The minimum atomic E-state index is -0.0132. The summed E-state index contributed by atoms with van der Waals surface area (Å²) in [5, 5.41) is 0.904. The predicted octanol–water partition coefficient (Wildman–Crippen LogP) is 2.05. The Morgan fingerprint density at radius 2 is 2.40 bits per heavy atom. The molecule has 2 N–H and O–H groups in total. The zero-order valence-corrected chi connectivity index (χ0v) is 12.4. The van der Waals surface area contributed by atoms with Gasteiger partial charge in [-0.2, -0.15) is 0 Å². The fraction of sp³-hybridized carbons (Fsp3) is 0.429. The van der Waals surface area contributed by atoms with Crippen molar-refractivity contribution in [2.45, 2.75) is 19.9 Å². The third-order valence-electron chi connectivity index (χ3n) is 3.66. The topological polar surface area (TPSA) is 68.5 Å². The van der Waals surface area contributed by atoms with Crippen molar-refractivity contribution in [3.05, 3.63) is 22.7 Å². The van der Waals surface area contributed by atoms with Crippen LogP contribution in [0.2, 0.25) is 0 Å². The Morgan fingerprint density at radius 1 is 1.60 bits per heavy atom. The molecule has 0 aromatic carbocycles. The maximum Gasteiger partial charge on any atom is 0.266 e. The Kier molecular flexibility index (Phi) is 3.35. The van der Waals surface area contributed by atoms with Gasteiger partial charge < -0.3 is 15.4 Å². The molecule has 1 saturated heterocycles. The highest BCUT2D eigenvalue weighted by atomic mass is 32.1. The summed E-state index contributed by atoms with van der Waals surface area (Å²) in [6, 6.07) is 1.99. The van der Waals surface area contributed by atoms with Gasteiger partial charge in [0.25, 0.3) is 5.91 Å². The number of anilines is 1. The maximum atomic E-state index is 12.7. The largest absolute Gasteiger partial charge is 0.397 e. The molecule has 1 atom stereocenters. The van der Waals surface area contributed by atoms with E-state index in [0.717, 1.165) is 15.8 Å². The molecule has 1 aliphatic rings. The Hall–Kier alpha value is -1.66. The number of hydrogen-bond acceptors (Lipinski definition) is 5. The number of aryl methyl sites for hydroxylation is 1. The van der Waals surface area contributed by atoms with Gasteiger partial charge in [0.05, 0.1) is 24.9 Å². The number of nitrogen functional groups attached to an aromatic ring is 1. The quantitative estimate of drug-likeness (QED) is 0.873. The van der Waals surface area contributed by atoms with Gasteiger partial charge in [-0.15, -0.1) is 11.3 Å². The normalized spacial score (nSPS) is 19.5. The van der Waals surface area contributed by atoms with E-state index in [2.05, 4.69) is 4.98 Å². The fourth-order valence-electron chi connectivity index (χ4n) is 2.52. The lowest BCUT2D eigenvalue weighted by Gasteiger charge is -2.33. The summed E-state index contributed by atoms with van der Waals surface area (Å²) in [7, 11) is 0. The first-order valence-electron chi connectivity index (χ1n) is 6.62. The van der Waals surface area contributed by atoms with Crippen molar-refractivity contribution >= 4 is 33.1 Å². The number of fused-ring (bicyclic) bond motifs is 1. The molecule has 1 unspecified atom stereocenters. The summed E-state index contributed by atoms with van der Waals surface area (Å²) >= 11 is 1.37. The number of nitrogens with zero attached hydrogens (tertiary/aromatic N) is 2. The van der Waals surface area contributed by atoms with E-state index in [4.69, 9.17) is 10.5 Å². The van der Waals surface area contributed by atoms with Crippen molar-refractivity contribution in [3.63, 3.8) is 0 Å². The number of thiophene rings is 1. The number of ether oxygens (including phenoxy) is 1. The average molecular weight is 291 g/mol. The lowest BCUT2D eigenvalue weighted by atomic mass is 10.1. The monoisotopic (exact) mass is 291 g/mol. The third kappa shape index (κ3) is 2.05. The third-order valence-corrected chi connectivity index (χ3v) is 4.76. The van der Waals surface area contributed by atoms with Gasteiger partial charge in [-0.1, -0.05) is 0 Å². The molecule has 0 bridgehead atoms. The van der Waals surface area contributed by atoms with Crippen LogP contribution in [-0.4, -0.2) is 41.6 Å². The number of carbonyl (C=O) groups excluding carboxylic acids is 1. The van der Waals surface area contributed by atoms with E-state index in [9.17, 15) is 4.79 Å². The second-order valence-corrected chi connectivity index (χ2v) is 6.07. The highest BCUT2D eigenvalue weighted by Gasteiger charge is 2.28. The molecule has 0 radical (unpaired) electrons. The summed E-state index contributed by atoms with van der Waals surface area (Å²) in [4.78, 5) is 20.3. The van der Waals surface area contributed by atoms with Gasteiger partial charge in [0.2, 0.25) is 0 Å². The van der Waals surface area contributed by atoms with Crippen LogP contribution >= 0.6 is 11.3 Å². The van der Waals surface area contributed by atoms with Gasteiger partial charge >= 0.3 is 0 Å². The Morgan fingerprint density at radius 3 is 3.10 bits per heavy atom. The standard InChI is InChI=1S/C14H17N3O2S/c1-8-3-4-16-13-10(8)11(15)12(20-13)14(18)17-5-6-19-7-9(17)2/h3-4,9H,5-7,15H2,1-2H3.